The average molecular weight is 394 g/mol. The van der Waals surface area contributed by atoms with Gasteiger partial charge in [0.2, 0.25) is 0 Å². The van der Waals surface area contributed by atoms with Crippen molar-refractivity contribution in [3.05, 3.63) is 17.0 Å². The maximum absolute atomic E-state index is 6.00. The molecule has 0 amide bonds. The molecular formula is C21H39N5O2. The van der Waals surface area contributed by atoms with Gasteiger partial charge in [-0.1, -0.05) is 19.3 Å². The van der Waals surface area contributed by atoms with Gasteiger partial charge in [0.1, 0.15) is 0 Å². The first-order valence-corrected chi connectivity index (χ1v) is 10.8. The van der Waals surface area contributed by atoms with E-state index >= 15 is 0 Å². The van der Waals surface area contributed by atoms with Crippen molar-refractivity contribution in [3.8, 4) is 0 Å². The number of nitrogens with zero attached hydrogens (tertiary/aromatic N) is 3. The van der Waals surface area contributed by atoms with Gasteiger partial charge in [0.05, 0.1) is 31.5 Å². The van der Waals surface area contributed by atoms with Crippen molar-refractivity contribution in [1.29, 1.82) is 0 Å². The summed E-state index contributed by atoms with van der Waals surface area (Å²) < 4.78 is 13.2. The molecule has 0 aliphatic heterocycles. The number of ether oxygens (including phenoxy) is 2. The van der Waals surface area contributed by atoms with Gasteiger partial charge in [-0.05, 0) is 40.0 Å². The molecule has 7 heteroatoms. The Bertz CT molecular complexity index is 594. The van der Waals surface area contributed by atoms with E-state index in [2.05, 4.69) is 29.6 Å². The molecule has 160 valence electrons. The van der Waals surface area contributed by atoms with Crippen molar-refractivity contribution in [2.75, 3.05) is 33.4 Å². The maximum Gasteiger partial charge on any atom is 0.191 e. The molecule has 1 heterocycles. The molecule has 0 radical (unpaired) electrons. The Balaban J connectivity index is 1.79. The molecule has 1 aliphatic rings. The number of methoxy groups -OCH3 is 1. The van der Waals surface area contributed by atoms with E-state index in [-0.39, 0.29) is 0 Å². The Kier molecular flexibility index (Phi) is 10.4. The minimum absolute atomic E-state index is 0.483. The van der Waals surface area contributed by atoms with Crippen molar-refractivity contribution in [3.63, 3.8) is 0 Å². The number of nitrogens with one attached hydrogen (secondary N) is 2. The number of hydrogen-bond acceptors (Lipinski definition) is 4. The van der Waals surface area contributed by atoms with E-state index in [9.17, 15) is 0 Å². The highest BCUT2D eigenvalue weighted by molar-refractivity contribution is 5.79. The molecule has 1 aliphatic carbocycles. The normalized spacial score (nSPS) is 15.8. The molecule has 2 N–H and O–H groups in total. The predicted molar refractivity (Wildman–Crippen MR) is 114 cm³/mol. The third-order valence-corrected chi connectivity index (χ3v) is 5.30. The molecule has 1 fully saturated rings. The van der Waals surface area contributed by atoms with Gasteiger partial charge < -0.3 is 20.1 Å². The average Bonchev–Trinajstić information content (AvgIpc) is 2.97. The third kappa shape index (κ3) is 7.43. The first-order chi connectivity index (χ1) is 13.7. The highest BCUT2D eigenvalue weighted by Crippen LogP contribution is 2.20. The van der Waals surface area contributed by atoms with Crippen LogP contribution in [-0.2, 0) is 22.6 Å². The second kappa shape index (κ2) is 12.8. The van der Waals surface area contributed by atoms with Crippen molar-refractivity contribution in [2.45, 2.75) is 78.5 Å². The summed E-state index contributed by atoms with van der Waals surface area (Å²) in [5, 5.41) is 11.4. The second-order valence-electron chi connectivity index (χ2n) is 7.47. The van der Waals surface area contributed by atoms with Gasteiger partial charge in [0.15, 0.2) is 5.96 Å². The largest absolute Gasteiger partial charge is 0.383 e. The number of aryl methyl sites for hydroxylation is 1. The monoisotopic (exact) mass is 393 g/mol. The topological polar surface area (TPSA) is 72.7 Å². The molecule has 0 atom stereocenters. The van der Waals surface area contributed by atoms with Crippen LogP contribution in [0.1, 0.15) is 62.4 Å². The van der Waals surface area contributed by atoms with E-state index in [0.29, 0.717) is 19.3 Å². The summed E-state index contributed by atoms with van der Waals surface area (Å²) in [7, 11) is 1.71. The lowest BCUT2D eigenvalue weighted by Gasteiger charge is -2.22. The van der Waals surface area contributed by atoms with Gasteiger partial charge in [0.25, 0.3) is 0 Å². The van der Waals surface area contributed by atoms with Crippen LogP contribution in [0.25, 0.3) is 0 Å². The highest BCUT2D eigenvalue weighted by atomic mass is 16.5. The first kappa shape index (κ1) is 22.7. The van der Waals surface area contributed by atoms with Crippen molar-refractivity contribution >= 4 is 5.96 Å². The number of rotatable bonds is 11. The van der Waals surface area contributed by atoms with Crippen LogP contribution in [0.2, 0.25) is 0 Å². The van der Waals surface area contributed by atoms with E-state index in [0.717, 1.165) is 50.0 Å². The van der Waals surface area contributed by atoms with Crippen LogP contribution >= 0.6 is 0 Å². The van der Waals surface area contributed by atoms with Crippen molar-refractivity contribution in [2.24, 2.45) is 4.99 Å². The predicted octanol–water partition coefficient (Wildman–Crippen LogP) is 2.94. The van der Waals surface area contributed by atoms with Crippen LogP contribution in [0.5, 0.6) is 0 Å². The number of guanidine groups is 1. The highest BCUT2D eigenvalue weighted by Gasteiger charge is 2.13. The molecule has 2 rings (SSSR count). The Hall–Kier alpha value is -1.60. The molecule has 7 nitrogen and oxygen atoms in total. The fourth-order valence-corrected chi connectivity index (χ4v) is 3.62. The van der Waals surface area contributed by atoms with Crippen LogP contribution in [0.15, 0.2) is 4.99 Å². The number of hydrogen-bond donors (Lipinski definition) is 2. The number of aromatic nitrogens is 2. The Labute approximate surface area is 170 Å². The van der Waals surface area contributed by atoms with Crippen LogP contribution in [0, 0.1) is 13.8 Å². The molecule has 0 spiro atoms. The lowest BCUT2D eigenvalue weighted by atomic mass is 9.98. The smallest absolute Gasteiger partial charge is 0.191 e. The van der Waals surface area contributed by atoms with Crippen LogP contribution < -0.4 is 10.6 Å². The van der Waals surface area contributed by atoms with E-state index < -0.39 is 0 Å². The molecular weight excluding hydrogens is 354 g/mol. The molecule has 1 saturated carbocycles. The van der Waals surface area contributed by atoms with Gasteiger partial charge in [0, 0.05) is 38.1 Å². The minimum atomic E-state index is 0.483. The van der Waals surface area contributed by atoms with E-state index in [1.54, 1.807) is 7.11 Å². The second-order valence-corrected chi connectivity index (χ2v) is 7.47. The molecule has 28 heavy (non-hydrogen) atoms. The van der Waals surface area contributed by atoms with Crippen molar-refractivity contribution < 1.29 is 9.47 Å². The standard InChI is InChI=1S/C21H39N5O2/c1-5-22-21(23-12-9-14-28-19-10-7-6-8-11-19)24-16-20-17(2)25-26(18(20)3)13-15-27-4/h19H,5-16H2,1-4H3,(H2,22,23,24). The Morgan fingerprint density at radius 3 is 2.68 bits per heavy atom. The van der Waals surface area contributed by atoms with Gasteiger partial charge in [-0.3, -0.25) is 4.68 Å². The lowest BCUT2D eigenvalue weighted by Crippen LogP contribution is -2.38. The summed E-state index contributed by atoms with van der Waals surface area (Å²) >= 11 is 0. The Morgan fingerprint density at radius 1 is 1.18 bits per heavy atom. The molecule has 0 aromatic carbocycles. The number of aliphatic imine (C=N–C) groups is 1. The zero-order valence-corrected chi connectivity index (χ0v) is 18.2. The lowest BCUT2D eigenvalue weighted by molar-refractivity contribution is 0.0277. The summed E-state index contributed by atoms with van der Waals surface area (Å²) in [5.41, 5.74) is 3.39. The fourth-order valence-electron chi connectivity index (χ4n) is 3.62. The first-order valence-electron chi connectivity index (χ1n) is 10.8. The SMILES string of the molecule is CCNC(=NCc1c(C)nn(CCOC)c1C)NCCCOC1CCCCC1. The van der Waals surface area contributed by atoms with E-state index in [1.165, 1.54) is 37.7 Å². The summed E-state index contributed by atoms with van der Waals surface area (Å²) in [6, 6.07) is 0. The van der Waals surface area contributed by atoms with E-state index in [1.807, 2.05) is 11.6 Å². The summed E-state index contributed by atoms with van der Waals surface area (Å²) in [5.74, 6) is 0.851. The molecule has 1 aromatic rings. The van der Waals surface area contributed by atoms with Gasteiger partial charge in [-0.2, -0.15) is 5.10 Å². The summed E-state index contributed by atoms with van der Waals surface area (Å²) in [4.78, 5) is 4.76. The maximum atomic E-state index is 6.00. The van der Waals surface area contributed by atoms with E-state index in [4.69, 9.17) is 14.5 Å². The third-order valence-electron chi connectivity index (χ3n) is 5.30. The van der Waals surface area contributed by atoms with Gasteiger partial charge in [-0.25, -0.2) is 4.99 Å². The fraction of sp³-hybridized carbons (Fsp3) is 0.810. The van der Waals surface area contributed by atoms with Gasteiger partial charge >= 0.3 is 0 Å². The zero-order chi connectivity index (χ0) is 20.2. The quantitative estimate of drug-likeness (QED) is 0.344. The zero-order valence-electron chi connectivity index (χ0n) is 18.2. The van der Waals surface area contributed by atoms with Crippen LogP contribution in [0.4, 0.5) is 0 Å². The molecule has 0 saturated heterocycles. The Morgan fingerprint density at radius 2 is 1.96 bits per heavy atom. The van der Waals surface area contributed by atoms with Crippen LogP contribution in [0.3, 0.4) is 0 Å². The summed E-state index contributed by atoms with van der Waals surface area (Å²) in [6.07, 6.45) is 7.95. The minimum Gasteiger partial charge on any atom is -0.383 e. The summed E-state index contributed by atoms with van der Waals surface area (Å²) in [6.45, 7) is 10.8. The van der Waals surface area contributed by atoms with Crippen molar-refractivity contribution in [1.82, 2.24) is 20.4 Å². The van der Waals surface area contributed by atoms with Crippen LogP contribution in [-0.4, -0.2) is 55.3 Å². The van der Waals surface area contributed by atoms with Gasteiger partial charge in [-0.15, -0.1) is 0 Å². The molecule has 1 aromatic heterocycles. The molecule has 0 unspecified atom stereocenters. The molecule has 0 bridgehead atoms.